The molecule has 2 fully saturated rings. The monoisotopic (exact) mass is 377 g/mol. The van der Waals surface area contributed by atoms with Crippen LogP contribution < -0.4 is 15.1 Å². The number of hydrogen-bond donors (Lipinski definition) is 1. The number of methoxy groups -OCH3 is 1. The van der Waals surface area contributed by atoms with E-state index in [0.717, 1.165) is 12.8 Å². The second-order valence-electron chi connectivity index (χ2n) is 7.05. The molecule has 2 heterocycles. The van der Waals surface area contributed by atoms with Crippen molar-refractivity contribution in [3.05, 3.63) is 23.5 Å². The van der Waals surface area contributed by atoms with E-state index in [1.165, 1.54) is 23.0 Å². The summed E-state index contributed by atoms with van der Waals surface area (Å²) in [5, 5.41) is 2.47. The number of alkyl carbamates (subject to hydrolysis) is 1. The van der Waals surface area contributed by atoms with Gasteiger partial charge in [-0.25, -0.2) is 14.0 Å². The minimum atomic E-state index is -0.623. The first-order valence-corrected chi connectivity index (χ1v) is 8.89. The van der Waals surface area contributed by atoms with E-state index >= 15 is 0 Å². The molecule has 1 N–H and O–H groups in total. The highest BCUT2D eigenvalue weighted by atomic mass is 19.1. The molecule has 0 unspecified atom stereocenters. The number of fused-ring (bicyclic) bond motifs is 1. The van der Waals surface area contributed by atoms with Gasteiger partial charge in [-0.05, 0) is 36.5 Å². The summed E-state index contributed by atoms with van der Waals surface area (Å²) in [6.45, 7) is 0.811. The van der Waals surface area contributed by atoms with Crippen LogP contribution in [-0.2, 0) is 20.7 Å². The molecule has 1 saturated heterocycles. The molecule has 0 aromatic heterocycles. The normalized spacial score (nSPS) is 21.3. The van der Waals surface area contributed by atoms with Gasteiger partial charge in [-0.3, -0.25) is 9.69 Å². The summed E-state index contributed by atoms with van der Waals surface area (Å²) in [4.78, 5) is 38.4. The van der Waals surface area contributed by atoms with Crippen LogP contribution in [0.5, 0.6) is 0 Å². The van der Waals surface area contributed by atoms with Gasteiger partial charge in [0.25, 0.3) is 0 Å². The van der Waals surface area contributed by atoms with Gasteiger partial charge in [0.05, 0.1) is 38.0 Å². The summed E-state index contributed by atoms with van der Waals surface area (Å²) in [6.07, 6.45) is 0.454. The lowest BCUT2D eigenvalue weighted by Crippen LogP contribution is -2.34. The quantitative estimate of drug-likeness (QED) is 0.846. The first kappa shape index (κ1) is 17.6. The van der Waals surface area contributed by atoms with Gasteiger partial charge in [-0.1, -0.05) is 0 Å². The zero-order valence-electron chi connectivity index (χ0n) is 14.9. The van der Waals surface area contributed by atoms with Crippen molar-refractivity contribution in [2.75, 3.05) is 36.5 Å². The standard InChI is InChI=1S/C18H20FN3O5/c1-26-17(24)20-7-13-9-21(18(25)27-13)12-4-11-5-15(23)22(8-10-2-3-10)16(11)14(19)6-12/h4,6,10,13H,2-3,5,7-9H2,1H3,(H,20,24)/t13-/m0/s1. The molecule has 3 aliphatic rings. The average molecular weight is 377 g/mol. The molecule has 2 aliphatic heterocycles. The largest absolute Gasteiger partial charge is 0.453 e. The third-order valence-corrected chi connectivity index (χ3v) is 5.02. The predicted molar refractivity (Wildman–Crippen MR) is 93.2 cm³/mol. The van der Waals surface area contributed by atoms with Crippen molar-refractivity contribution in [3.63, 3.8) is 0 Å². The molecule has 1 atom stereocenters. The van der Waals surface area contributed by atoms with Crippen LogP contribution >= 0.6 is 0 Å². The number of nitrogens with zero attached hydrogens (tertiary/aromatic N) is 2. The van der Waals surface area contributed by atoms with Gasteiger partial charge in [0.15, 0.2) is 0 Å². The summed E-state index contributed by atoms with van der Waals surface area (Å²) in [7, 11) is 1.24. The number of carbonyl (C=O) groups is 3. The third kappa shape index (κ3) is 3.41. The van der Waals surface area contributed by atoms with E-state index < -0.39 is 24.1 Å². The molecule has 1 aliphatic carbocycles. The van der Waals surface area contributed by atoms with Crippen LogP contribution in [0.4, 0.5) is 25.4 Å². The topological polar surface area (TPSA) is 88.2 Å². The lowest BCUT2D eigenvalue weighted by molar-refractivity contribution is -0.117. The van der Waals surface area contributed by atoms with Crippen molar-refractivity contribution in [1.29, 1.82) is 0 Å². The number of rotatable bonds is 5. The fraction of sp³-hybridized carbons (Fsp3) is 0.500. The number of nitrogens with one attached hydrogen (secondary N) is 1. The molecular weight excluding hydrogens is 357 g/mol. The first-order chi connectivity index (χ1) is 13.0. The number of hydrogen-bond acceptors (Lipinski definition) is 5. The van der Waals surface area contributed by atoms with Crippen molar-refractivity contribution >= 4 is 29.5 Å². The Balaban J connectivity index is 1.51. The van der Waals surface area contributed by atoms with Gasteiger partial charge < -0.3 is 19.7 Å². The van der Waals surface area contributed by atoms with Crippen molar-refractivity contribution in [1.82, 2.24) is 5.32 Å². The predicted octanol–water partition coefficient (Wildman–Crippen LogP) is 1.81. The van der Waals surface area contributed by atoms with Gasteiger partial charge in [-0.2, -0.15) is 0 Å². The van der Waals surface area contributed by atoms with E-state index in [4.69, 9.17) is 4.74 Å². The van der Waals surface area contributed by atoms with Gasteiger partial charge in [0, 0.05) is 6.54 Å². The summed E-state index contributed by atoms with van der Waals surface area (Å²) < 4.78 is 24.5. The SMILES string of the molecule is COC(=O)NC[C@H]1CN(c2cc(F)c3c(c2)CC(=O)N3CC2CC2)C(=O)O1. The molecule has 1 aromatic rings. The van der Waals surface area contributed by atoms with Gasteiger partial charge in [-0.15, -0.1) is 0 Å². The van der Waals surface area contributed by atoms with Crippen LogP contribution in [-0.4, -0.2) is 50.9 Å². The summed E-state index contributed by atoms with van der Waals surface area (Å²) in [6, 6.07) is 2.93. The smallest absolute Gasteiger partial charge is 0.414 e. The van der Waals surface area contributed by atoms with Crippen molar-refractivity contribution < 1.29 is 28.2 Å². The lowest BCUT2D eigenvalue weighted by Gasteiger charge is -2.19. The second-order valence-corrected chi connectivity index (χ2v) is 7.05. The third-order valence-electron chi connectivity index (χ3n) is 5.02. The highest BCUT2D eigenvalue weighted by Gasteiger charge is 2.38. The number of anilines is 2. The second kappa shape index (κ2) is 6.71. The highest BCUT2D eigenvalue weighted by Crippen LogP contribution is 2.39. The Labute approximate surface area is 155 Å². The summed E-state index contributed by atoms with van der Waals surface area (Å²) in [5.74, 6) is -0.175. The molecule has 4 rings (SSSR count). The molecule has 0 radical (unpaired) electrons. The van der Waals surface area contributed by atoms with Gasteiger partial charge >= 0.3 is 12.2 Å². The van der Waals surface area contributed by atoms with E-state index in [0.29, 0.717) is 29.4 Å². The molecule has 27 heavy (non-hydrogen) atoms. The molecule has 1 aromatic carbocycles. The Morgan fingerprint density at radius 3 is 2.85 bits per heavy atom. The number of halogens is 1. The fourth-order valence-electron chi connectivity index (χ4n) is 3.48. The highest BCUT2D eigenvalue weighted by molar-refractivity contribution is 6.02. The number of benzene rings is 1. The maximum Gasteiger partial charge on any atom is 0.414 e. The first-order valence-electron chi connectivity index (χ1n) is 8.89. The van der Waals surface area contributed by atoms with E-state index in [1.54, 1.807) is 6.07 Å². The number of carbonyl (C=O) groups excluding carboxylic acids is 3. The van der Waals surface area contributed by atoms with Crippen molar-refractivity contribution in [3.8, 4) is 0 Å². The Bertz CT molecular complexity index is 810. The Kier molecular flexibility index (Phi) is 4.37. The zero-order valence-corrected chi connectivity index (χ0v) is 14.9. The molecule has 0 spiro atoms. The van der Waals surface area contributed by atoms with Crippen LogP contribution in [0.1, 0.15) is 18.4 Å². The molecule has 9 heteroatoms. The van der Waals surface area contributed by atoms with Crippen LogP contribution in [0.15, 0.2) is 12.1 Å². The number of ether oxygens (including phenoxy) is 2. The molecule has 0 bridgehead atoms. The van der Waals surface area contributed by atoms with E-state index in [-0.39, 0.29) is 25.4 Å². The van der Waals surface area contributed by atoms with Crippen molar-refractivity contribution in [2.45, 2.75) is 25.4 Å². The summed E-state index contributed by atoms with van der Waals surface area (Å²) in [5.41, 5.74) is 1.25. The van der Waals surface area contributed by atoms with Crippen LogP contribution in [0.25, 0.3) is 0 Å². The molecule has 8 nitrogen and oxygen atoms in total. The fourth-order valence-corrected chi connectivity index (χ4v) is 3.48. The van der Waals surface area contributed by atoms with E-state index in [2.05, 4.69) is 10.1 Å². The molecule has 144 valence electrons. The van der Waals surface area contributed by atoms with E-state index in [1.807, 2.05) is 0 Å². The van der Waals surface area contributed by atoms with Crippen LogP contribution in [0.2, 0.25) is 0 Å². The van der Waals surface area contributed by atoms with Crippen molar-refractivity contribution in [2.24, 2.45) is 5.92 Å². The molecule has 1 saturated carbocycles. The Morgan fingerprint density at radius 2 is 2.15 bits per heavy atom. The number of cyclic esters (lactones) is 1. The van der Waals surface area contributed by atoms with E-state index in [9.17, 15) is 18.8 Å². The van der Waals surface area contributed by atoms with Gasteiger partial charge in [0.2, 0.25) is 5.91 Å². The average Bonchev–Trinajstić information content (AvgIpc) is 3.29. The van der Waals surface area contributed by atoms with Gasteiger partial charge in [0.1, 0.15) is 11.9 Å². The minimum absolute atomic E-state index is 0.0932. The zero-order chi connectivity index (χ0) is 19.1. The van der Waals surface area contributed by atoms with Crippen LogP contribution in [0.3, 0.4) is 0 Å². The van der Waals surface area contributed by atoms with Crippen LogP contribution in [0, 0.1) is 11.7 Å². The summed E-state index contributed by atoms with van der Waals surface area (Å²) >= 11 is 0. The Morgan fingerprint density at radius 1 is 1.37 bits per heavy atom. The molecular formula is C18H20FN3O5. The molecule has 3 amide bonds. The maximum absolute atomic E-state index is 14.8. The number of amides is 3. The maximum atomic E-state index is 14.8. The Hall–Kier alpha value is -2.84. The minimum Gasteiger partial charge on any atom is -0.453 e. The lowest BCUT2D eigenvalue weighted by atomic mass is 10.1.